The fourth-order valence-electron chi connectivity index (χ4n) is 1.89. The van der Waals surface area contributed by atoms with E-state index in [0.29, 0.717) is 18.9 Å². The van der Waals surface area contributed by atoms with E-state index in [0.717, 1.165) is 27.8 Å². The summed E-state index contributed by atoms with van der Waals surface area (Å²) in [6, 6.07) is 3.69. The highest BCUT2D eigenvalue weighted by atomic mass is 32.1. The van der Waals surface area contributed by atoms with Crippen LogP contribution in [0, 0.1) is 6.92 Å². The summed E-state index contributed by atoms with van der Waals surface area (Å²) in [5, 5.41) is 3.02. The van der Waals surface area contributed by atoms with Crippen molar-refractivity contribution in [1.29, 1.82) is 0 Å². The first kappa shape index (κ1) is 12.3. The van der Waals surface area contributed by atoms with E-state index in [1.807, 2.05) is 24.4 Å². The molecular formula is C13H14N2O3S. The van der Waals surface area contributed by atoms with Crippen LogP contribution in [0.1, 0.15) is 16.3 Å². The molecule has 100 valence electrons. The molecule has 19 heavy (non-hydrogen) atoms. The summed E-state index contributed by atoms with van der Waals surface area (Å²) in [5.41, 5.74) is 7.55. The van der Waals surface area contributed by atoms with Crippen LogP contribution in [-0.4, -0.2) is 11.8 Å². The van der Waals surface area contributed by atoms with E-state index in [-0.39, 0.29) is 6.79 Å². The summed E-state index contributed by atoms with van der Waals surface area (Å²) in [6.07, 6.45) is 0. The predicted octanol–water partition coefficient (Wildman–Crippen LogP) is 2.22. The second kappa shape index (κ2) is 5.07. The van der Waals surface area contributed by atoms with E-state index in [2.05, 4.69) is 4.98 Å². The highest BCUT2D eigenvalue weighted by Gasteiger charge is 2.17. The van der Waals surface area contributed by atoms with Gasteiger partial charge >= 0.3 is 0 Å². The first-order chi connectivity index (χ1) is 9.26. The molecular weight excluding hydrogens is 264 g/mol. The Labute approximate surface area is 114 Å². The Morgan fingerprint density at radius 3 is 2.84 bits per heavy atom. The molecule has 0 spiro atoms. The molecule has 3 rings (SSSR count). The van der Waals surface area contributed by atoms with E-state index in [4.69, 9.17) is 19.9 Å². The molecule has 2 aromatic rings. The molecule has 0 radical (unpaired) electrons. The summed E-state index contributed by atoms with van der Waals surface area (Å²) < 4.78 is 16.4. The first-order valence-electron chi connectivity index (χ1n) is 5.92. The zero-order valence-corrected chi connectivity index (χ0v) is 11.3. The van der Waals surface area contributed by atoms with Gasteiger partial charge < -0.3 is 19.9 Å². The van der Waals surface area contributed by atoms with Crippen molar-refractivity contribution in [2.45, 2.75) is 20.1 Å². The molecule has 0 fully saturated rings. The molecule has 0 saturated carbocycles. The SMILES string of the molecule is Cc1nc(COc2cc3c(cc2CN)OCO3)cs1. The number of aromatic nitrogens is 1. The standard InChI is InChI=1S/C13H14N2O3S/c1-8-15-10(6-19-8)5-16-11-3-13-12(17-7-18-13)2-9(11)4-14/h2-3,6H,4-5,7,14H2,1H3. The van der Waals surface area contributed by atoms with E-state index >= 15 is 0 Å². The zero-order chi connectivity index (χ0) is 13.2. The highest BCUT2D eigenvalue weighted by molar-refractivity contribution is 7.09. The third-order valence-electron chi connectivity index (χ3n) is 2.82. The number of aryl methyl sites for hydroxylation is 1. The lowest BCUT2D eigenvalue weighted by Crippen LogP contribution is -2.03. The maximum atomic E-state index is 5.78. The van der Waals surface area contributed by atoms with Crippen molar-refractivity contribution in [1.82, 2.24) is 4.98 Å². The van der Waals surface area contributed by atoms with Crippen molar-refractivity contribution >= 4 is 11.3 Å². The van der Waals surface area contributed by atoms with Crippen LogP contribution in [0.3, 0.4) is 0 Å². The predicted molar refractivity (Wildman–Crippen MR) is 71.6 cm³/mol. The van der Waals surface area contributed by atoms with Crippen LogP contribution in [-0.2, 0) is 13.2 Å². The van der Waals surface area contributed by atoms with Gasteiger partial charge in [0.05, 0.1) is 10.7 Å². The summed E-state index contributed by atoms with van der Waals surface area (Å²) in [5.74, 6) is 2.14. The Kier molecular flexibility index (Phi) is 3.27. The summed E-state index contributed by atoms with van der Waals surface area (Å²) in [6.45, 7) is 3.03. The van der Waals surface area contributed by atoms with Crippen LogP contribution >= 0.6 is 11.3 Å². The summed E-state index contributed by atoms with van der Waals surface area (Å²) in [4.78, 5) is 4.36. The molecule has 0 saturated heterocycles. The Balaban J connectivity index is 1.80. The van der Waals surface area contributed by atoms with Crippen molar-refractivity contribution < 1.29 is 14.2 Å². The fraction of sp³-hybridized carbons (Fsp3) is 0.308. The topological polar surface area (TPSA) is 66.6 Å². The minimum atomic E-state index is 0.244. The summed E-state index contributed by atoms with van der Waals surface area (Å²) in [7, 11) is 0. The van der Waals surface area contributed by atoms with E-state index in [9.17, 15) is 0 Å². The van der Waals surface area contributed by atoms with Crippen molar-refractivity contribution in [3.8, 4) is 17.2 Å². The van der Waals surface area contributed by atoms with Crippen LogP contribution < -0.4 is 19.9 Å². The second-order valence-corrected chi connectivity index (χ2v) is 5.23. The van der Waals surface area contributed by atoms with E-state index in [1.165, 1.54) is 0 Å². The highest BCUT2D eigenvalue weighted by Crippen LogP contribution is 2.38. The van der Waals surface area contributed by atoms with Crippen LogP contribution in [0.4, 0.5) is 0 Å². The van der Waals surface area contributed by atoms with Crippen molar-refractivity contribution in [2.24, 2.45) is 5.73 Å². The molecule has 0 aliphatic carbocycles. The Morgan fingerprint density at radius 2 is 2.16 bits per heavy atom. The third kappa shape index (κ3) is 2.50. The lowest BCUT2D eigenvalue weighted by atomic mass is 10.2. The van der Waals surface area contributed by atoms with Gasteiger partial charge in [0.15, 0.2) is 11.5 Å². The Morgan fingerprint density at radius 1 is 1.37 bits per heavy atom. The quantitative estimate of drug-likeness (QED) is 0.928. The smallest absolute Gasteiger partial charge is 0.231 e. The molecule has 0 amide bonds. The number of benzene rings is 1. The number of thiazole rings is 1. The van der Waals surface area contributed by atoms with E-state index in [1.54, 1.807) is 11.3 Å². The van der Waals surface area contributed by atoms with Gasteiger partial charge in [0.2, 0.25) is 6.79 Å². The lowest BCUT2D eigenvalue weighted by molar-refractivity contribution is 0.173. The maximum Gasteiger partial charge on any atom is 0.231 e. The maximum absolute atomic E-state index is 5.78. The molecule has 2 N–H and O–H groups in total. The van der Waals surface area contributed by atoms with Crippen LogP contribution in [0.15, 0.2) is 17.5 Å². The number of nitrogens with two attached hydrogens (primary N) is 1. The molecule has 6 heteroatoms. The molecule has 0 unspecified atom stereocenters. The van der Waals surface area contributed by atoms with Gasteiger partial charge in [-0.2, -0.15) is 0 Å². The zero-order valence-electron chi connectivity index (χ0n) is 10.5. The Hall–Kier alpha value is -1.79. The molecule has 1 aliphatic rings. The number of hydrogen-bond acceptors (Lipinski definition) is 6. The van der Waals surface area contributed by atoms with Gasteiger partial charge in [0, 0.05) is 23.6 Å². The molecule has 1 aromatic carbocycles. The van der Waals surface area contributed by atoms with Gasteiger partial charge in [-0.15, -0.1) is 11.3 Å². The fourth-order valence-corrected chi connectivity index (χ4v) is 2.48. The largest absolute Gasteiger partial charge is 0.487 e. The molecule has 5 nitrogen and oxygen atoms in total. The average molecular weight is 278 g/mol. The van der Waals surface area contributed by atoms with Gasteiger partial charge in [-0.1, -0.05) is 0 Å². The van der Waals surface area contributed by atoms with Crippen LogP contribution in [0.5, 0.6) is 17.2 Å². The Bertz CT molecular complexity index is 598. The lowest BCUT2D eigenvalue weighted by Gasteiger charge is -2.10. The minimum Gasteiger partial charge on any atom is -0.487 e. The molecule has 0 bridgehead atoms. The normalized spacial score (nSPS) is 12.7. The van der Waals surface area contributed by atoms with Gasteiger partial charge in [0.1, 0.15) is 12.4 Å². The van der Waals surface area contributed by atoms with Gasteiger partial charge in [-0.3, -0.25) is 0 Å². The molecule has 1 aromatic heterocycles. The number of nitrogens with zero attached hydrogens (tertiary/aromatic N) is 1. The van der Waals surface area contributed by atoms with Gasteiger partial charge in [0.25, 0.3) is 0 Å². The number of hydrogen-bond donors (Lipinski definition) is 1. The summed E-state index contributed by atoms with van der Waals surface area (Å²) >= 11 is 1.61. The third-order valence-corrected chi connectivity index (χ3v) is 3.64. The number of fused-ring (bicyclic) bond motifs is 1. The van der Waals surface area contributed by atoms with Crippen LogP contribution in [0.2, 0.25) is 0 Å². The van der Waals surface area contributed by atoms with Crippen molar-refractivity contribution in [3.05, 3.63) is 33.8 Å². The van der Waals surface area contributed by atoms with Gasteiger partial charge in [-0.05, 0) is 13.0 Å². The second-order valence-electron chi connectivity index (χ2n) is 4.16. The average Bonchev–Trinajstić information content (AvgIpc) is 3.03. The number of rotatable bonds is 4. The molecule has 0 atom stereocenters. The van der Waals surface area contributed by atoms with Crippen molar-refractivity contribution in [2.75, 3.05) is 6.79 Å². The monoisotopic (exact) mass is 278 g/mol. The first-order valence-corrected chi connectivity index (χ1v) is 6.80. The minimum absolute atomic E-state index is 0.244. The molecule has 2 heterocycles. The van der Waals surface area contributed by atoms with E-state index < -0.39 is 0 Å². The van der Waals surface area contributed by atoms with Gasteiger partial charge in [-0.25, -0.2) is 4.98 Å². The van der Waals surface area contributed by atoms with Crippen molar-refractivity contribution in [3.63, 3.8) is 0 Å². The molecule has 1 aliphatic heterocycles. The number of ether oxygens (including phenoxy) is 3. The van der Waals surface area contributed by atoms with Crippen LogP contribution in [0.25, 0.3) is 0 Å².